The first-order valence-corrected chi connectivity index (χ1v) is 12.1. The van der Waals surface area contributed by atoms with Crippen molar-refractivity contribution in [1.29, 1.82) is 0 Å². The molecule has 0 amide bonds. The second-order valence-corrected chi connectivity index (χ2v) is 9.46. The molecule has 0 radical (unpaired) electrons. The number of H-pyrrole nitrogens is 1. The van der Waals surface area contributed by atoms with E-state index in [1.807, 2.05) is 30.5 Å². The maximum absolute atomic E-state index is 12.8. The van der Waals surface area contributed by atoms with Crippen molar-refractivity contribution in [3.8, 4) is 22.7 Å². The highest BCUT2D eigenvalue weighted by molar-refractivity contribution is 7.98. The van der Waals surface area contributed by atoms with Crippen LogP contribution in [0.5, 0.6) is 0 Å². The number of aromatic nitrogens is 4. The predicted octanol–water partition coefficient (Wildman–Crippen LogP) is 5.85. The van der Waals surface area contributed by atoms with Gasteiger partial charge in [0.25, 0.3) is 5.56 Å². The molecule has 4 aromatic heterocycles. The van der Waals surface area contributed by atoms with E-state index in [1.54, 1.807) is 24.1 Å². The summed E-state index contributed by atoms with van der Waals surface area (Å²) in [6, 6.07) is 11.8. The number of furan rings is 1. The molecule has 9 heteroatoms. The van der Waals surface area contributed by atoms with Gasteiger partial charge >= 0.3 is 0 Å². The average molecular weight is 465 g/mol. The van der Waals surface area contributed by atoms with Crippen LogP contribution in [-0.4, -0.2) is 20.1 Å². The lowest BCUT2D eigenvalue weighted by Gasteiger charge is -2.09. The largest absolute Gasteiger partial charge is 0.464 e. The summed E-state index contributed by atoms with van der Waals surface area (Å²) >= 11 is 3.01. The Morgan fingerprint density at radius 1 is 1.19 bits per heavy atom. The number of hydrogen-bond donors (Lipinski definition) is 1. The quantitative estimate of drug-likeness (QED) is 0.322. The Kier molecular flexibility index (Phi) is 5.67. The summed E-state index contributed by atoms with van der Waals surface area (Å²) in [5.74, 6) is 2.92. The van der Waals surface area contributed by atoms with Gasteiger partial charge < -0.3 is 13.9 Å². The number of fused-ring (bicyclic) bond motifs is 1. The van der Waals surface area contributed by atoms with Crippen LogP contribution in [0.3, 0.4) is 0 Å². The van der Waals surface area contributed by atoms with Gasteiger partial charge in [0.05, 0.1) is 22.7 Å². The molecule has 5 rings (SSSR count). The van der Waals surface area contributed by atoms with E-state index < -0.39 is 0 Å². The fraction of sp³-hybridized carbons (Fsp3) is 0.217. The van der Waals surface area contributed by atoms with Gasteiger partial charge in [-0.15, -0.1) is 23.1 Å². The minimum Gasteiger partial charge on any atom is -0.464 e. The average Bonchev–Trinajstić information content (AvgIpc) is 3.58. The number of hydrogen-bond acceptors (Lipinski definition) is 8. The van der Waals surface area contributed by atoms with Crippen LogP contribution >= 0.6 is 23.1 Å². The van der Waals surface area contributed by atoms with E-state index in [1.165, 1.54) is 16.9 Å². The van der Waals surface area contributed by atoms with E-state index in [0.29, 0.717) is 39.3 Å². The molecule has 7 nitrogen and oxygen atoms in total. The van der Waals surface area contributed by atoms with E-state index >= 15 is 0 Å². The molecule has 1 aromatic carbocycles. The maximum Gasteiger partial charge on any atom is 0.260 e. The Hall–Kier alpha value is -3.17. The summed E-state index contributed by atoms with van der Waals surface area (Å²) in [5, 5.41) is 6.50. The Balaban J connectivity index is 1.31. The molecule has 1 atom stereocenters. The number of benzene rings is 1. The van der Waals surface area contributed by atoms with Crippen molar-refractivity contribution in [1.82, 2.24) is 20.1 Å². The van der Waals surface area contributed by atoms with Crippen molar-refractivity contribution in [2.75, 3.05) is 0 Å². The van der Waals surface area contributed by atoms with E-state index in [9.17, 15) is 4.79 Å². The molecular formula is C23H20N4O3S2. The molecule has 0 aliphatic heterocycles. The van der Waals surface area contributed by atoms with Gasteiger partial charge in [0.15, 0.2) is 0 Å². The SMILES string of the molecule is CCc1ccc(-c2noc(CS[C@H](C)c3nc4scc(-c5ccco5)c4c(=O)[nH]3)n2)cc1. The van der Waals surface area contributed by atoms with Crippen LogP contribution in [0.25, 0.3) is 32.9 Å². The summed E-state index contributed by atoms with van der Waals surface area (Å²) in [4.78, 5) is 25.6. The second-order valence-electron chi connectivity index (χ2n) is 7.27. The van der Waals surface area contributed by atoms with Gasteiger partial charge in [-0.25, -0.2) is 4.98 Å². The summed E-state index contributed by atoms with van der Waals surface area (Å²) in [6.07, 6.45) is 2.58. The topological polar surface area (TPSA) is 97.8 Å². The zero-order chi connectivity index (χ0) is 22.1. The molecule has 0 spiro atoms. The van der Waals surface area contributed by atoms with Crippen LogP contribution in [0.4, 0.5) is 0 Å². The third-order valence-electron chi connectivity index (χ3n) is 5.18. The van der Waals surface area contributed by atoms with E-state index in [-0.39, 0.29) is 10.8 Å². The summed E-state index contributed by atoms with van der Waals surface area (Å²) in [5.41, 5.74) is 2.79. The van der Waals surface area contributed by atoms with Crippen molar-refractivity contribution in [2.45, 2.75) is 31.3 Å². The van der Waals surface area contributed by atoms with E-state index in [0.717, 1.165) is 17.5 Å². The molecule has 0 saturated heterocycles. The first-order valence-electron chi connectivity index (χ1n) is 10.2. The normalized spacial score (nSPS) is 12.4. The number of aromatic amines is 1. The van der Waals surface area contributed by atoms with Crippen LogP contribution in [-0.2, 0) is 12.2 Å². The molecule has 32 heavy (non-hydrogen) atoms. The molecule has 5 aromatic rings. The van der Waals surface area contributed by atoms with Crippen molar-refractivity contribution in [3.63, 3.8) is 0 Å². The smallest absolute Gasteiger partial charge is 0.260 e. The minimum absolute atomic E-state index is 0.0551. The van der Waals surface area contributed by atoms with Gasteiger partial charge in [-0.2, -0.15) is 4.98 Å². The van der Waals surface area contributed by atoms with Gasteiger partial charge in [-0.3, -0.25) is 4.79 Å². The second kappa shape index (κ2) is 8.76. The Morgan fingerprint density at radius 2 is 2.03 bits per heavy atom. The molecule has 0 bridgehead atoms. The zero-order valence-electron chi connectivity index (χ0n) is 17.5. The highest BCUT2D eigenvalue weighted by atomic mass is 32.2. The lowest BCUT2D eigenvalue weighted by atomic mass is 10.1. The van der Waals surface area contributed by atoms with Crippen LogP contribution in [0.1, 0.15) is 36.4 Å². The molecule has 0 aliphatic carbocycles. The minimum atomic E-state index is -0.166. The molecule has 0 fully saturated rings. The monoisotopic (exact) mass is 464 g/mol. The molecule has 162 valence electrons. The lowest BCUT2D eigenvalue weighted by molar-refractivity contribution is 0.391. The highest BCUT2D eigenvalue weighted by Crippen LogP contribution is 2.33. The summed E-state index contributed by atoms with van der Waals surface area (Å²) in [6.45, 7) is 4.12. The number of nitrogens with zero attached hydrogens (tertiary/aromatic N) is 3. The molecule has 4 heterocycles. The lowest BCUT2D eigenvalue weighted by Crippen LogP contribution is -2.12. The standard InChI is InChI=1S/C23H20N4O3S2/c1-3-14-6-8-15(9-7-14)21-24-18(30-27-21)12-31-13(2)20-25-22(28)19-16(11-32-23(19)26-20)17-5-4-10-29-17/h4-11,13H,3,12H2,1-2H3,(H,25,26,28)/t13-/m1/s1. The Labute approximate surface area is 191 Å². The fourth-order valence-electron chi connectivity index (χ4n) is 3.37. The summed E-state index contributed by atoms with van der Waals surface area (Å²) < 4.78 is 10.9. The fourth-order valence-corrected chi connectivity index (χ4v) is 5.08. The molecular weight excluding hydrogens is 444 g/mol. The molecule has 0 aliphatic rings. The Morgan fingerprint density at radius 3 is 2.78 bits per heavy atom. The van der Waals surface area contributed by atoms with Crippen LogP contribution in [0.15, 0.2) is 61.8 Å². The van der Waals surface area contributed by atoms with E-state index in [2.05, 4.69) is 39.2 Å². The highest BCUT2D eigenvalue weighted by Gasteiger charge is 2.18. The Bertz CT molecular complexity index is 1400. The van der Waals surface area contributed by atoms with Crippen LogP contribution < -0.4 is 5.56 Å². The van der Waals surface area contributed by atoms with Crippen molar-refractivity contribution in [3.05, 3.63) is 75.7 Å². The summed E-state index contributed by atoms with van der Waals surface area (Å²) in [7, 11) is 0. The number of thiophene rings is 1. The van der Waals surface area contributed by atoms with Gasteiger partial charge in [-0.05, 0) is 31.0 Å². The van der Waals surface area contributed by atoms with Crippen molar-refractivity contribution in [2.24, 2.45) is 0 Å². The van der Waals surface area contributed by atoms with E-state index in [4.69, 9.17) is 8.94 Å². The van der Waals surface area contributed by atoms with Gasteiger partial charge in [0, 0.05) is 16.5 Å². The van der Waals surface area contributed by atoms with Crippen LogP contribution in [0.2, 0.25) is 0 Å². The van der Waals surface area contributed by atoms with Crippen molar-refractivity contribution < 1.29 is 8.94 Å². The first-order chi connectivity index (χ1) is 15.6. The van der Waals surface area contributed by atoms with Crippen molar-refractivity contribution >= 4 is 33.3 Å². The number of thioether (sulfide) groups is 1. The maximum atomic E-state index is 12.8. The first kappa shape index (κ1) is 20.7. The predicted molar refractivity (Wildman–Crippen MR) is 127 cm³/mol. The number of rotatable bonds is 7. The molecule has 0 saturated carbocycles. The molecule has 1 N–H and O–H groups in total. The van der Waals surface area contributed by atoms with Gasteiger partial charge in [-0.1, -0.05) is 36.3 Å². The zero-order valence-corrected chi connectivity index (χ0v) is 19.1. The molecule has 0 unspecified atom stereocenters. The van der Waals surface area contributed by atoms with Gasteiger partial charge in [0.1, 0.15) is 16.4 Å². The third kappa shape index (κ3) is 4.01. The van der Waals surface area contributed by atoms with Gasteiger partial charge in [0.2, 0.25) is 11.7 Å². The third-order valence-corrected chi connectivity index (χ3v) is 7.19. The number of nitrogens with one attached hydrogen (secondary N) is 1. The van der Waals surface area contributed by atoms with Crippen LogP contribution in [0, 0.1) is 0 Å². The number of aryl methyl sites for hydroxylation is 1.